The molecule has 2 atom stereocenters. The molecule has 0 saturated carbocycles. The average molecular weight is 403 g/mol. The third kappa shape index (κ3) is 4.52. The number of carbonyl (C=O) groups excluding carboxylic acids is 2. The molecule has 6 nitrogen and oxygen atoms in total. The largest absolute Gasteiger partial charge is 0.489 e. The zero-order valence-electron chi connectivity index (χ0n) is 16.9. The molecule has 4 rings (SSSR count). The minimum Gasteiger partial charge on any atom is -0.489 e. The monoisotopic (exact) mass is 403 g/mol. The summed E-state index contributed by atoms with van der Waals surface area (Å²) in [5, 5.41) is 9.17. The average Bonchev–Trinajstić information content (AvgIpc) is 3.43. The Kier molecular flexibility index (Phi) is 6.10. The van der Waals surface area contributed by atoms with Crippen molar-refractivity contribution >= 4 is 11.7 Å². The summed E-state index contributed by atoms with van der Waals surface area (Å²) >= 11 is 0. The topological polar surface area (TPSA) is 73.6 Å². The van der Waals surface area contributed by atoms with Crippen LogP contribution in [-0.2, 0) is 4.79 Å². The Hall–Kier alpha value is -3.17. The van der Waals surface area contributed by atoms with Crippen LogP contribution in [0.25, 0.3) is 0 Å². The highest BCUT2D eigenvalue weighted by molar-refractivity contribution is 6.08. The Bertz CT molecular complexity index is 936. The molecule has 6 heteroatoms. The molecule has 154 valence electrons. The quantitative estimate of drug-likeness (QED) is 0.694. The Morgan fingerprint density at radius 1 is 1.00 bits per heavy atom. The smallest absolute Gasteiger partial charge is 0.237 e. The van der Waals surface area contributed by atoms with E-state index in [9.17, 15) is 14.9 Å². The second-order valence-corrected chi connectivity index (χ2v) is 7.86. The van der Waals surface area contributed by atoms with Crippen molar-refractivity contribution in [2.24, 2.45) is 0 Å². The van der Waals surface area contributed by atoms with Crippen LogP contribution in [0.15, 0.2) is 54.6 Å². The SMILES string of the molecule is N#CC1CCCN1C(=O)CN1CCC(Oc2ccc(C(=O)c3ccccc3)cc2)C1. The minimum absolute atomic E-state index is 0.00899. The van der Waals surface area contributed by atoms with E-state index < -0.39 is 0 Å². The molecule has 2 aliphatic heterocycles. The lowest BCUT2D eigenvalue weighted by Gasteiger charge is -2.23. The van der Waals surface area contributed by atoms with Gasteiger partial charge in [0.05, 0.1) is 12.6 Å². The van der Waals surface area contributed by atoms with E-state index in [0.29, 0.717) is 30.8 Å². The fourth-order valence-electron chi connectivity index (χ4n) is 4.15. The van der Waals surface area contributed by atoms with Crippen molar-refractivity contribution in [3.63, 3.8) is 0 Å². The van der Waals surface area contributed by atoms with E-state index in [1.165, 1.54) is 0 Å². The summed E-state index contributed by atoms with van der Waals surface area (Å²) in [5.41, 5.74) is 1.30. The van der Waals surface area contributed by atoms with Gasteiger partial charge in [0.1, 0.15) is 17.9 Å². The Morgan fingerprint density at radius 2 is 1.73 bits per heavy atom. The van der Waals surface area contributed by atoms with Crippen molar-refractivity contribution in [2.75, 3.05) is 26.2 Å². The van der Waals surface area contributed by atoms with E-state index in [1.807, 2.05) is 42.5 Å². The molecule has 2 aromatic rings. The normalized spacial score (nSPS) is 21.4. The fourth-order valence-corrected chi connectivity index (χ4v) is 4.15. The molecule has 0 spiro atoms. The predicted molar refractivity (Wildman–Crippen MR) is 112 cm³/mol. The van der Waals surface area contributed by atoms with Gasteiger partial charge in [0.15, 0.2) is 5.78 Å². The van der Waals surface area contributed by atoms with E-state index in [1.54, 1.807) is 17.0 Å². The number of nitriles is 1. The van der Waals surface area contributed by atoms with E-state index >= 15 is 0 Å². The second kappa shape index (κ2) is 9.10. The van der Waals surface area contributed by atoms with Crippen LogP contribution in [0.5, 0.6) is 5.75 Å². The first-order valence-electron chi connectivity index (χ1n) is 10.4. The first kappa shape index (κ1) is 20.1. The highest BCUT2D eigenvalue weighted by Gasteiger charge is 2.32. The predicted octanol–water partition coefficient (Wildman–Crippen LogP) is 2.89. The van der Waals surface area contributed by atoms with Gasteiger partial charge in [-0.2, -0.15) is 5.26 Å². The lowest BCUT2D eigenvalue weighted by molar-refractivity contribution is -0.132. The van der Waals surface area contributed by atoms with Crippen molar-refractivity contribution in [1.82, 2.24) is 9.80 Å². The van der Waals surface area contributed by atoms with Crippen LogP contribution in [0.1, 0.15) is 35.2 Å². The zero-order valence-corrected chi connectivity index (χ0v) is 16.9. The van der Waals surface area contributed by atoms with Crippen molar-refractivity contribution in [2.45, 2.75) is 31.4 Å². The van der Waals surface area contributed by atoms with Crippen LogP contribution in [-0.4, -0.2) is 59.8 Å². The molecule has 0 N–H and O–H groups in total. The number of rotatable bonds is 6. The summed E-state index contributed by atoms with van der Waals surface area (Å²) < 4.78 is 6.07. The Morgan fingerprint density at radius 3 is 2.47 bits per heavy atom. The number of hydrogen-bond acceptors (Lipinski definition) is 5. The lowest BCUT2D eigenvalue weighted by atomic mass is 10.0. The zero-order chi connectivity index (χ0) is 20.9. The number of benzene rings is 2. The molecule has 0 bridgehead atoms. The molecule has 0 radical (unpaired) electrons. The van der Waals surface area contributed by atoms with Gasteiger partial charge in [-0.25, -0.2) is 0 Å². The molecule has 1 amide bonds. The maximum absolute atomic E-state index is 12.5. The number of ketones is 1. The number of ether oxygens (including phenoxy) is 1. The summed E-state index contributed by atoms with van der Waals surface area (Å²) in [6.07, 6.45) is 2.54. The maximum Gasteiger partial charge on any atom is 0.237 e. The number of hydrogen-bond donors (Lipinski definition) is 0. The molecular weight excluding hydrogens is 378 g/mol. The summed E-state index contributed by atoms with van der Waals surface area (Å²) in [4.78, 5) is 28.8. The van der Waals surface area contributed by atoms with Crippen molar-refractivity contribution < 1.29 is 14.3 Å². The molecule has 30 heavy (non-hydrogen) atoms. The molecule has 0 aliphatic carbocycles. The molecule has 2 aliphatic rings. The van der Waals surface area contributed by atoms with E-state index in [-0.39, 0.29) is 23.8 Å². The van der Waals surface area contributed by atoms with Crippen molar-refractivity contribution in [3.8, 4) is 11.8 Å². The van der Waals surface area contributed by atoms with Crippen molar-refractivity contribution in [3.05, 3.63) is 65.7 Å². The third-order valence-electron chi connectivity index (χ3n) is 5.77. The Balaban J connectivity index is 1.29. The van der Waals surface area contributed by atoms with E-state index in [4.69, 9.17) is 4.74 Å². The van der Waals surface area contributed by atoms with Gasteiger partial charge in [0.25, 0.3) is 0 Å². The summed E-state index contributed by atoms with van der Waals surface area (Å²) in [5.74, 6) is 0.746. The molecule has 2 fully saturated rings. The first-order valence-corrected chi connectivity index (χ1v) is 10.4. The van der Waals surface area contributed by atoms with Gasteiger partial charge >= 0.3 is 0 Å². The lowest BCUT2D eigenvalue weighted by Crippen LogP contribution is -2.42. The van der Waals surface area contributed by atoms with Crippen LogP contribution < -0.4 is 4.74 Å². The van der Waals surface area contributed by atoms with Gasteiger partial charge < -0.3 is 9.64 Å². The van der Waals surface area contributed by atoms with Gasteiger partial charge in [-0.1, -0.05) is 30.3 Å². The molecule has 2 aromatic carbocycles. The van der Waals surface area contributed by atoms with Gasteiger partial charge in [0.2, 0.25) is 5.91 Å². The third-order valence-corrected chi connectivity index (χ3v) is 5.77. The molecule has 2 heterocycles. The van der Waals surface area contributed by atoms with Crippen LogP contribution in [0.3, 0.4) is 0 Å². The van der Waals surface area contributed by atoms with Gasteiger partial charge in [-0.15, -0.1) is 0 Å². The number of likely N-dealkylation sites (tertiary alicyclic amines) is 2. The number of amides is 1. The maximum atomic E-state index is 12.5. The van der Waals surface area contributed by atoms with Gasteiger partial charge in [-0.05, 0) is 43.5 Å². The second-order valence-electron chi connectivity index (χ2n) is 7.86. The van der Waals surface area contributed by atoms with Gasteiger partial charge in [0, 0.05) is 30.8 Å². The van der Waals surface area contributed by atoms with E-state index in [0.717, 1.165) is 31.6 Å². The highest BCUT2D eigenvalue weighted by Crippen LogP contribution is 2.21. The van der Waals surface area contributed by atoms with Crippen LogP contribution >= 0.6 is 0 Å². The Labute approximate surface area is 176 Å². The summed E-state index contributed by atoms with van der Waals surface area (Å²) in [6.45, 7) is 2.50. The van der Waals surface area contributed by atoms with Crippen LogP contribution in [0, 0.1) is 11.3 Å². The van der Waals surface area contributed by atoms with Crippen LogP contribution in [0.4, 0.5) is 0 Å². The summed E-state index contributed by atoms with van der Waals surface area (Å²) in [6, 6.07) is 18.4. The molecular formula is C24H25N3O3. The fraction of sp³-hybridized carbons (Fsp3) is 0.375. The van der Waals surface area contributed by atoms with Crippen LogP contribution in [0.2, 0.25) is 0 Å². The number of carbonyl (C=O) groups is 2. The summed E-state index contributed by atoms with van der Waals surface area (Å²) in [7, 11) is 0. The standard InChI is InChI=1S/C24H25N3O3/c25-15-20-7-4-13-27(20)23(28)17-26-14-12-22(16-26)30-21-10-8-19(9-11-21)24(29)18-5-2-1-3-6-18/h1-3,5-6,8-11,20,22H,4,7,12-14,16-17H2. The molecule has 2 saturated heterocycles. The first-order chi connectivity index (χ1) is 14.6. The van der Waals surface area contributed by atoms with Gasteiger partial charge in [-0.3, -0.25) is 14.5 Å². The molecule has 0 aromatic heterocycles. The highest BCUT2D eigenvalue weighted by atomic mass is 16.5. The minimum atomic E-state index is -0.274. The number of nitrogens with zero attached hydrogens (tertiary/aromatic N) is 3. The van der Waals surface area contributed by atoms with Crippen molar-refractivity contribution in [1.29, 1.82) is 5.26 Å². The van der Waals surface area contributed by atoms with E-state index in [2.05, 4.69) is 11.0 Å². The molecule has 2 unspecified atom stereocenters.